The van der Waals surface area contributed by atoms with E-state index in [0.717, 1.165) is 38.5 Å². The van der Waals surface area contributed by atoms with Crippen LogP contribution in [-0.4, -0.2) is 60.5 Å². The zero-order valence-corrected chi connectivity index (χ0v) is 11.2. The van der Waals surface area contributed by atoms with E-state index in [9.17, 15) is 4.79 Å². The fourth-order valence-electron chi connectivity index (χ4n) is 3.70. The summed E-state index contributed by atoms with van der Waals surface area (Å²) in [6, 6.07) is 1.30. The van der Waals surface area contributed by atoms with E-state index in [4.69, 9.17) is 0 Å². The smallest absolute Gasteiger partial charge is 0.222 e. The second-order valence-electron chi connectivity index (χ2n) is 6.02. The van der Waals surface area contributed by atoms with Gasteiger partial charge in [-0.2, -0.15) is 0 Å². The van der Waals surface area contributed by atoms with E-state index in [0.29, 0.717) is 11.9 Å². The molecule has 1 amide bonds. The molecule has 0 aromatic rings. The lowest BCUT2D eigenvalue weighted by Crippen LogP contribution is -2.51. The van der Waals surface area contributed by atoms with Crippen molar-refractivity contribution in [3.63, 3.8) is 0 Å². The number of rotatable bonds is 4. The van der Waals surface area contributed by atoms with Crippen LogP contribution in [-0.2, 0) is 4.79 Å². The van der Waals surface area contributed by atoms with Gasteiger partial charge in [-0.1, -0.05) is 0 Å². The standard InChI is InChI=1S/C14H25N3O/c18-14-6-5-13-11-16(9-10-17(13)14)8-2-4-12-3-1-7-15-12/h12-13,15H,1-11H2. The van der Waals surface area contributed by atoms with Gasteiger partial charge in [-0.15, -0.1) is 0 Å². The number of piperazine rings is 1. The molecule has 3 aliphatic rings. The first-order valence-corrected chi connectivity index (χ1v) is 7.58. The van der Waals surface area contributed by atoms with Crippen molar-refractivity contribution >= 4 is 5.91 Å². The Kier molecular flexibility index (Phi) is 3.85. The van der Waals surface area contributed by atoms with Crippen LogP contribution >= 0.6 is 0 Å². The molecule has 0 bridgehead atoms. The minimum absolute atomic E-state index is 0.384. The topological polar surface area (TPSA) is 35.6 Å². The second kappa shape index (κ2) is 5.57. The third-order valence-corrected chi connectivity index (χ3v) is 4.77. The van der Waals surface area contributed by atoms with Gasteiger partial charge >= 0.3 is 0 Å². The molecule has 0 aromatic heterocycles. The van der Waals surface area contributed by atoms with E-state index in [1.54, 1.807) is 0 Å². The van der Waals surface area contributed by atoms with Crippen molar-refractivity contribution in [1.29, 1.82) is 0 Å². The zero-order valence-electron chi connectivity index (χ0n) is 11.2. The molecule has 2 unspecified atom stereocenters. The van der Waals surface area contributed by atoms with Crippen LogP contribution in [0.25, 0.3) is 0 Å². The second-order valence-corrected chi connectivity index (χ2v) is 6.02. The predicted octanol–water partition coefficient (Wildman–Crippen LogP) is 0.825. The van der Waals surface area contributed by atoms with Crippen LogP contribution in [0.2, 0.25) is 0 Å². The fourth-order valence-corrected chi connectivity index (χ4v) is 3.70. The summed E-state index contributed by atoms with van der Waals surface area (Å²) in [5.41, 5.74) is 0. The molecule has 3 rings (SSSR count). The maximum atomic E-state index is 11.6. The Balaban J connectivity index is 1.38. The number of carbonyl (C=O) groups excluding carboxylic acids is 1. The average molecular weight is 251 g/mol. The van der Waals surface area contributed by atoms with Crippen molar-refractivity contribution in [2.75, 3.05) is 32.7 Å². The molecule has 1 N–H and O–H groups in total. The Morgan fingerprint density at radius 1 is 1.28 bits per heavy atom. The van der Waals surface area contributed by atoms with E-state index in [-0.39, 0.29) is 0 Å². The molecular formula is C14H25N3O. The van der Waals surface area contributed by atoms with Crippen LogP contribution in [0.15, 0.2) is 0 Å². The van der Waals surface area contributed by atoms with Gasteiger partial charge in [-0.25, -0.2) is 0 Å². The summed E-state index contributed by atoms with van der Waals surface area (Å²) < 4.78 is 0. The fraction of sp³-hybridized carbons (Fsp3) is 0.929. The van der Waals surface area contributed by atoms with Crippen molar-refractivity contribution in [2.45, 2.75) is 50.6 Å². The first kappa shape index (κ1) is 12.4. The summed E-state index contributed by atoms with van der Waals surface area (Å²) in [4.78, 5) is 16.3. The molecule has 0 spiro atoms. The third kappa shape index (κ3) is 2.69. The van der Waals surface area contributed by atoms with Gasteiger partial charge in [0.2, 0.25) is 5.91 Å². The Labute approximate surface area is 110 Å². The average Bonchev–Trinajstić information content (AvgIpc) is 3.00. The lowest BCUT2D eigenvalue weighted by molar-refractivity contribution is -0.130. The summed E-state index contributed by atoms with van der Waals surface area (Å²) in [6.45, 7) is 5.60. The molecule has 3 fully saturated rings. The van der Waals surface area contributed by atoms with Crippen molar-refractivity contribution in [3.8, 4) is 0 Å². The maximum absolute atomic E-state index is 11.6. The Morgan fingerprint density at radius 2 is 2.22 bits per heavy atom. The highest BCUT2D eigenvalue weighted by molar-refractivity contribution is 5.78. The van der Waals surface area contributed by atoms with Crippen LogP contribution in [0.1, 0.15) is 38.5 Å². The van der Waals surface area contributed by atoms with Crippen LogP contribution in [0, 0.1) is 0 Å². The van der Waals surface area contributed by atoms with Crippen LogP contribution in [0.5, 0.6) is 0 Å². The highest BCUT2D eigenvalue weighted by Gasteiger charge is 2.35. The molecule has 0 saturated carbocycles. The molecular weight excluding hydrogens is 226 g/mol. The molecule has 0 radical (unpaired) electrons. The lowest BCUT2D eigenvalue weighted by atomic mass is 10.1. The minimum atomic E-state index is 0.384. The molecule has 18 heavy (non-hydrogen) atoms. The number of nitrogens with zero attached hydrogens (tertiary/aromatic N) is 2. The predicted molar refractivity (Wildman–Crippen MR) is 71.4 cm³/mol. The maximum Gasteiger partial charge on any atom is 0.222 e. The van der Waals surface area contributed by atoms with Gasteiger partial charge in [0.1, 0.15) is 0 Å². The normalized spacial score (nSPS) is 33.1. The van der Waals surface area contributed by atoms with Crippen molar-refractivity contribution < 1.29 is 4.79 Å². The number of fused-ring (bicyclic) bond motifs is 1. The molecule has 2 atom stereocenters. The number of amides is 1. The van der Waals surface area contributed by atoms with Gasteiger partial charge in [0.15, 0.2) is 0 Å². The monoisotopic (exact) mass is 251 g/mol. The van der Waals surface area contributed by atoms with E-state index in [2.05, 4.69) is 15.1 Å². The molecule has 3 heterocycles. The molecule has 3 aliphatic heterocycles. The quantitative estimate of drug-likeness (QED) is 0.804. The first-order valence-electron chi connectivity index (χ1n) is 7.58. The number of hydrogen-bond acceptors (Lipinski definition) is 3. The highest BCUT2D eigenvalue weighted by atomic mass is 16.2. The van der Waals surface area contributed by atoms with E-state index in [1.165, 1.54) is 38.8 Å². The van der Waals surface area contributed by atoms with E-state index >= 15 is 0 Å². The Morgan fingerprint density at radius 3 is 3.06 bits per heavy atom. The van der Waals surface area contributed by atoms with Crippen LogP contribution < -0.4 is 5.32 Å². The largest absolute Gasteiger partial charge is 0.337 e. The highest BCUT2D eigenvalue weighted by Crippen LogP contribution is 2.23. The van der Waals surface area contributed by atoms with Crippen molar-refractivity contribution in [2.24, 2.45) is 0 Å². The zero-order chi connectivity index (χ0) is 12.4. The first-order chi connectivity index (χ1) is 8.83. The molecule has 4 heteroatoms. The molecule has 0 aromatic carbocycles. The number of carbonyl (C=O) groups is 1. The van der Waals surface area contributed by atoms with Gasteiger partial charge in [0.25, 0.3) is 0 Å². The summed E-state index contributed by atoms with van der Waals surface area (Å²) in [6.07, 6.45) is 7.21. The van der Waals surface area contributed by atoms with Gasteiger partial charge in [0.05, 0.1) is 0 Å². The lowest BCUT2D eigenvalue weighted by Gasteiger charge is -2.37. The molecule has 0 aliphatic carbocycles. The Hall–Kier alpha value is -0.610. The molecule has 102 valence electrons. The third-order valence-electron chi connectivity index (χ3n) is 4.77. The van der Waals surface area contributed by atoms with Gasteiger partial charge in [0, 0.05) is 38.1 Å². The van der Waals surface area contributed by atoms with Crippen molar-refractivity contribution in [3.05, 3.63) is 0 Å². The summed E-state index contributed by atoms with van der Waals surface area (Å²) in [5.74, 6) is 0.384. The number of hydrogen-bond donors (Lipinski definition) is 1. The summed E-state index contributed by atoms with van der Waals surface area (Å²) >= 11 is 0. The minimum Gasteiger partial charge on any atom is -0.337 e. The van der Waals surface area contributed by atoms with Crippen molar-refractivity contribution in [1.82, 2.24) is 15.1 Å². The number of nitrogens with one attached hydrogen (secondary N) is 1. The summed E-state index contributed by atoms with van der Waals surface area (Å²) in [7, 11) is 0. The molecule has 3 saturated heterocycles. The van der Waals surface area contributed by atoms with Gasteiger partial charge < -0.3 is 10.2 Å². The van der Waals surface area contributed by atoms with E-state index in [1.807, 2.05) is 0 Å². The SMILES string of the molecule is O=C1CCC2CN(CCCC3CCCN3)CCN12. The Bertz CT molecular complexity index is 301. The summed E-state index contributed by atoms with van der Waals surface area (Å²) in [5, 5.41) is 3.57. The van der Waals surface area contributed by atoms with E-state index < -0.39 is 0 Å². The van der Waals surface area contributed by atoms with Gasteiger partial charge in [-0.05, 0) is 45.2 Å². The molecule has 4 nitrogen and oxygen atoms in total. The van der Waals surface area contributed by atoms with Gasteiger partial charge in [-0.3, -0.25) is 9.69 Å². The van der Waals surface area contributed by atoms with Crippen LogP contribution in [0.4, 0.5) is 0 Å². The van der Waals surface area contributed by atoms with Crippen LogP contribution in [0.3, 0.4) is 0 Å².